The molecule has 3 unspecified atom stereocenters. The summed E-state index contributed by atoms with van der Waals surface area (Å²) in [6.07, 6.45) is 2.62. The standard InChI is InChI=1S/C31H41N7O5.ClH/c1-18(32-5)28(39)37-26(31(2,3)4)30(41)38-14-8-9-24(38)29(40)36-23-15-21-22(16-25(23)43-7)33-17-34-27(21)35-19-10-12-20(42-6)13-11-19;/h10-13,15-18,24,26,32H,8-9,14H2,1-7H3,(H,36,40)(H,37,39)(H,33,34,35);1H. The number of nitrogens with one attached hydrogen (secondary N) is 4. The van der Waals surface area contributed by atoms with Crippen LogP contribution in [0.2, 0.25) is 0 Å². The zero-order valence-corrected chi connectivity index (χ0v) is 27.0. The number of aromatic nitrogens is 2. The third-order valence-electron chi connectivity index (χ3n) is 7.63. The Bertz CT molecular complexity index is 1480. The fourth-order valence-corrected chi connectivity index (χ4v) is 4.99. The van der Waals surface area contributed by atoms with Crippen molar-refractivity contribution in [2.75, 3.05) is 38.4 Å². The van der Waals surface area contributed by atoms with Crippen LogP contribution in [0.15, 0.2) is 42.7 Å². The molecule has 2 aromatic carbocycles. The summed E-state index contributed by atoms with van der Waals surface area (Å²) in [6, 6.07) is 8.94. The number of nitrogens with zero attached hydrogens (tertiary/aromatic N) is 3. The van der Waals surface area contributed by atoms with Crippen LogP contribution < -0.4 is 30.7 Å². The summed E-state index contributed by atoms with van der Waals surface area (Å²) in [5.74, 6) is 0.797. The maximum Gasteiger partial charge on any atom is 0.247 e. The van der Waals surface area contributed by atoms with Gasteiger partial charge in [0.05, 0.1) is 31.5 Å². The average Bonchev–Trinajstić information content (AvgIpc) is 3.49. The number of amides is 3. The first kappa shape index (κ1) is 34.3. The van der Waals surface area contributed by atoms with E-state index in [2.05, 4.69) is 31.2 Å². The van der Waals surface area contributed by atoms with Crippen LogP contribution in [0.25, 0.3) is 10.9 Å². The van der Waals surface area contributed by atoms with Gasteiger partial charge < -0.3 is 35.6 Å². The molecule has 1 aromatic heterocycles. The molecule has 238 valence electrons. The first-order valence-corrected chi connectivity index (χ1v) is 14.3. The van der Waals surface area contributed by atoms with Gasteiger partial charge in [0, 0.05) is 23.7 Å². The smallest absolute Gasteiger partial charge is 0.247 e. The zero-order chi connectivity index (χ0) is 31.3. The van der Waals surface area contributed by atoms with Crippen molar-refractivity contribution < 1.29 is 23.9 Å². The number of ether oxygens (including phenoxy) is 2. The molecule has 0 bridgehead atoms. The number of anilines is 3. The third-order valence-corrected chi connectivity index (χ3v) is 7.63. The Hall–Kier alpha value is -4.16. The maximum absolute atomic E-state index is 13.8. The number of fused-ring (bicyclic) bond motifs is 1. The summed E-state index contributed by atoms with van der Waals surface area (Å²) in [5, 5.41) is 12.7. The zero-order valence-electron chi connectivity index (χ0n) is 26.2. The van der Waals surface area contributed by atoms with Crippen LogP contribution >= 0.6 is 12.4 Å². The minimum atomic E-state index is -0.803. The highest BCUT2D eigenvalue weighted by molar-refractivity contribution is 6.03. The van der Waals surface area contributed by atoms with Crippen molar-refractivity contribution in [3.63, 3.8) is 0 Å². The lowest BCUT2D eigenvalue weighted by atomic mass is 9.85. The van der Waals surface area contributed by atoms with E-state index in [-0.39, 0.29) is 30.1 Å². The van der Waals surface area contributed by atoms with E-state index in [4.69, 9.17) is 9.47 Å². The van der Waals surface area contributed by atoms with Crippen molar-refractivity contribution >= 4 is 58.2 Å². The van der Waals surface area contributed by atoms with E-state index in [1.54, 1.807) is 38.1 Å². The monoisotopic (exact) mass is 627 g/mol. The number of halogens is 1. The van der Waals surface area contributed by atoms with Crippen molar-refractivity contribution in [1.29, 1.82) is 0 Å². The number of carbonyl (C=O) groups excluding carboxylic acids is 3. The van der Waals surface area contributed by atoms with Gasteiger partial charge in [-0.25, -0.2) is 9.97 Å². The lowest BCUT2D eigenvalue weighted by Gasteiger charge is -2.36. The van der Waals surface area contributed by atoms with Crippen LogP contribution in [0.5, 0.6) is 11.5 Å². The number of rotatable bonds is 10. The Balaban J connectivity index is 0.00000529. The fourth-order valence-electron chi connectivity index (χ4n) is 4.99. The molecular formula is C31H42ClN7O5. The van der Waals surface area contributed by atoms with E-state index in [0.29, 0.717) is 47.5 Å². The highest BCUT2D eigenvalue weighted by Crippen LogP contribution is 2.34. The molecule has 3 amide bonds. The van der Waals surface area contributed by atoms with E-state index >= 15 is 0 Å². The summed E-state index contributed by atoms with van der Waals surface area (Å²) < 4.78 is 10.8. The molecule has 0 radical (unpaired) electrons. The molecule has 13 heteroatoms. The van der Waals surface area contributed by atoms with Gasteiger partial charge in [0.15, 0.2) is 0 Å². The summed E-state index contributed by atoms with van der Waals surface area (Å²) in [4.78, 5) is 50.6. The fraction of sp³-hybridized carbons (Fsp3) is 0.452. The molecule has 44 heavy (non-hydrogen) atoms. The summed E-state index contributed by atoms with van der Waals surface area (Å²) >= 11 is 0. The Morgan fingerprint density at radius 2 is 1.75 bits per heavy atom. The number of likely N-dealkylation sites (tertiary alicyclic amines) is 1. The average molecular weight is 628 g/mol. The number of hydrogen-bond donors (Lipinski definition) is 4. The minimum Gasteiger partial charge on any atom is -0.497 e. The van der Waals surface area contributed by atoms with Crippen LogP contribution in [0.4, 0.5) is 17.2 Å². The Morgan fingerprint density at radius 1 is 1.05 bits per heavy atom. The van der Waals surface area contributed by atoms with Gasteiger partial charge in [-0.05, 0) is 62.6 Å². The summed E-state index contributed by atoms with van der Waals surface area (Å²) in [6.45, 7) is 7.82. The van der Waals surface area contributed by atoms with Crippen molar-refractivity contribution in [2.24, 2.45) is 5.41 Å². The highest BCUT2D eigenvalue weighted by atomic mass is 35.5. The van der Waals surface area contributed by atoms with E-state index in [1.807, 2.05) is 45.0 Å². The number of carbonyl (C=O) groups is 3. The van der Waals surface area contributed by atoms with Gasteiger partial charge in [0.2, 0.25) is 17.7 Å². The van der Waals surface area contributed by atoms with Gasteiger partial charge in [-0.3, -0.25) is 14.4 Å². The van der Waals surface area contributed by atoms with Crippen molar-refractivity contribution in [1.82, 2.24) is 25.5 Å². The largest absolute Gasteiger partial charge is 0.497 e. The van der Waals surface area contributed by atoms with Gasteiger partial charge in [0.25, 0.3) is 0 Å². The second-order valence-corrected chi connectivity index (χ2v) is 11.6. The van der Waals surface area contributed by atoms with Crippen molar-refractivity contribution in [2.45, 2.75) is 58.7 Å². The van der Waals surface area contributed by atoms with Crippen LogP contribution in [0.1, 0.15) is 40.5 Å². The molecule has 1 aliphatic heterocycles. The quantitative estimate of drug-likeness (QED) is 0.263. The number of likely N-dealkylation sites (N-methyl/N-ethyl adjacent to an activating group) is 1. The lowest BCUT2D eigenvalue weighted by Crippen LogP contribution is -2.59. The van der Waals surface area contributed by atoms with Crippen LogP contribution in [0.3, 0.4) is 0 Å². The molecule has 0 saturated carbocycles. The van der Waals surface area contributed by atoms with Gasteiger partial charge in [-0.15, -0.1) is 12.4 Å². The third kappa shape index (κ3) is 7.67. The first-order valence-electron chi connectivity index (χ1n) is 14.3. The van der Waals surface area contributed by atoms with E-state index in [9.17, 15) is 14.4 Å². The SMILES string of the molecule is CNC(C)C(=O)NC(C(=O)N1CCCC1C(=O)Nc1cc2c(Nc3ccc(OC)cc3)ncnc2cc1OC)C(C)(C)C.Cl. The molecule has 2 heterocycles. The normalized spacial score (nSPS) is 16.0. The molecular weight excluding hydrogens is 586 g/mol. The highest BCUT2D eigenvalue weighted by Gasteiger charge is 2.42. The molecule has 1 fully saturated rings. The molecule has 12 nitrogen and oxygen atoms in total. The predicted octanol–water partition coefficient (Wildman–Crippen LogP) is 3.88. The van der Waals surface area contributed by atoms with Gasteiger partial charge in [-0.1, -0.05) is 20.8 Å². The summed E-state index contributed by atoms with van der Waals surface area (Å²) in [7, 11) is 4.81. The van der Waals surface area contributed by atoms with E-state index < -0.39 is 23.5 Å². The molecule has 4 N–H and O–H groups in total. The number of hydrogen-bond acceptors (Lipinski definition) is 9. The lowest BCUT2D eigenvalue weighted by molar-refractivity contribution is -0.143. The van der Waals surface area contributed by atoms with E-state index in [1.165, 1.54) is 13.4 Å². The Labute approximate surface area is 264 Å². The van der Waals surface area contributed by atoms with Crippen LogP contribution in [-0.4, -0.2) is 78.5 Å². The van der Waals surface area contributed by atoms with Gasteiger partial charge in [-0.2, -0.15) is 0 Å². The molecule has 3 aromatic rings. The molecule has 1 saturated heterocycles. The predicted molar refractivity (Wildman–Crippen MR) is 173 cm³/mol. The first-order chi connectivity index (χ1) is 20.5. The topological polar surface area (TPSA) is 147 Å². The van der Waals surface area contributed by atoms with Crippen LogP contribution in [-0.2, 0) is 14.4 Å². The van der Waals surface area contributed by atoms with Crippen molar-refractivity contribution in [3.05, 3.63) is 42.7 Å². The Morgan fingerprint density at radius 3 is 2.36 bits per heavy atom. The number of methoxy groups -OCH3 is 2. The van der Waals surface area contributed by atoms with Crippen molar-refractivity contribution in [3.8, 4) is 11.5 Å². The Kier molecular flexibility index (Phi) is 11.3. The molecule has 4 rings (SSSR count). The molecule has 1 aliphatic rings. The van der Waals surface area contributed by atoms with Crippen LogP contribution in [0, 0.1) is 5.41 Å². The van der Waals surface area contributed by atoms with Gasteiger partial charge in [0.1, 0.15) is 35.7 Å². The maximum atomic E-state index is 13.8. The minimum absolute atomic E-state index is 0. The second-order valence-electron chi connectivity index (χ2n) is 11.6. The molecule has 0 spiro atoms. The number of benzene rings is 2. The van der Waals surface area contributed by atoms with E-state index in [0.717, 1.165) is 11.4 Å². The second kappa shape index (κ2) is 14.5. The molecule has 0 aliphatic carbocycles. The molecule has 3 atom stereocenters. The van der Waals surface area contributed by atoms with Gasteiger partial charge >= 0.3 is 0 Å². The summed E-state index contributed by atoms with van der Waals surface area (Å²) in [5.41, 5.74) is 1.28.